The van der Waals surface area contributed by atoms with Gasteiger partial charge in [0.05, 0.1) is 0 Å². The molecule has 0 N–H and O–H groups in total. The van der Waals surface area contributed by atoms with E-state index in [9.17, 15) is 0 Å². The van der Waals surface area contributed by atoms with Gasteiger partial charge in [-0.25, -0.2) is 0 Å². The third-order valence-corrected chi connectivity index (χ3v) is 24.0. The molecule has 1 aliphatic rings. The molecule has 0 radical (unpaired) electrons. The molecular formula is C12H34O4Si5. The van der Waals surface area contributed by atoms with Gasteiger partial charge in [-0.1, -0.05) is 6.55 Å². The summed E-state index contributed by atoms with van der Waals surface area (Å²) in [6, 6.07) is 1.21. The summed E-state index contributed by atoms with van der Waals surface area (Å²) >= 11 is 0. The van der Waals surface area contributed by atoms with E-state index in [0.29, 0.717) is 0 Å². The average Bonchev–Trinajstić information content (AvgIpc) is 2.32. The highest BCUT2D eigenvalue weighted by Crippen LogP contribution is 2.32. The Labute approximate surface area is 137 Å². The normalized spacial score (nSPS) is 28.0. The lowest BCUT2D eigenvalue weighted by Crippen LogP contribution is -2.55. The van der Waals surface area contributed by atoms with Crippen molar-refractivity contribution >= 4 is 43.5 Å². The first-order valence-electron chi connectivity index (χ1n) is 8.07. The Morgan fingerprint density at radius 2 is 1.76 bits per heavy atom. The molecule has 1 aliphatic heterocycles. The van der Waals surface area contributed by atoms with E-state index in [4.69, 9.17) is 16.8 Å². The summed E-state index contributed by atoms with van der Waals surface area (Å²) < 4.78 is 25.3. The fraction of sp³-hybridized carbons (Fsp3) is 1.00. The Morgan fingerprint density at radius 1 is 1.14 bits per heavy atom. The number of hydrogen-bond donors (Lipinski definition) is 0. The number of hydrogen-bond acceptors (Lipinski definition) is 4. The van der Waals surface area contributed by atoms with E-state index in [1.807, 2.05) is 0 Å². The van der Waals surface area contributed by atoms with Crippen LogP contribution in [0.15, 0.2) is 0 Å². The first kappa shape index (κ1) is 20.0. The van der Waals surface area contributed by atoms with E-state index in [1.165, 1.54) is 6.04 Å². The molecule has 126 valence electrons. The van der Waals surface area contributed by atoms with Crippen molar-refractivity contribution in [2.45, 2.75) is 70.5 Å². The summed E-state index contributed by atoms with van der Waals surface area (Å²) in [5, 5.41) is 0. The quantitative estimate of drug-likeness (QED) is 0.660. The molecule has 21 heavy (non-hydrogen) atoms. The molecule has 0 aromatic heterocycles. The first-order valence-corrected chi connectivity index (χ1v) is 21.6. The molecule has 0 saturated carbocycles. The van der Waals surface area contributed by atoms with Gasteiger partial charge in [0.25, 0.3) is 0 Å². The maximum absolute atomic E-state index is 6.59. The van der Waals surface area contributed by atoms with E-state index in [0.717, 1.165) is 18.7 Å². The third kappa shape index (κ3) is 7.35. The molecule has 1 unspecified atom stereocenters. The van der Waals surface area contributed by atoms with E-state index in [2.05, 4.69) is 52.4 Å². The smallest absolute Gasteiger partial charge is 0.324 e. The summed E-state index contributed by atoms with van der Waals surface area (Å²) in [6.45, 7) is 18.9. The van der Waals surface area contributed by atoms with E-state index < -0.39 is 43.5 Å². The molecule has 4 nitrogen and oxygen atoms in total. The second-order valence-electron chi connectivity index (χ2n) is 7.82. The SMILES string of the molecule is C[SiH2]O[Si](C)(C)O[Si](C)(C)C[Si]1(C)OCCC[Si](C)(C)O1. The van der Waals surface area contributed by atoms with Gasteiger partial charge in [-0.15, -0.1) is 0 Å². The minimum absolute atomic E-state index is 0.414. The molecule has 0 aliphatic carbocycles. The fourth-order valence-corrected chi connectivity index (χ4v) is 27.6. The Kier molecular flexibility index (Phi) is 6.86. The van der Waals surface area contributed by atoms with Crippen LogP contribution in [0.1, 0.15) is 6.42 Å². The third-order valence-electron chi connectivity index (χ3n) is 3.58. The van der Waals surface area contributed by atoms with Gasteiger partial charge in [-0.3, -0.25) is 0 Å². The van der Waals surface area contributed by atoms with Crippen LogP contribution in [-0.4, -0.2) is 50.1 Å². The number of rotatable bonds is 6. The van der Waals surface area contributed by atoms with Crippen molar-refractivity contribution in [2.75, 3.05) is 6.61 Å². The molecule has 1 fully saturated rings. The van der Waals surface area contributed by atoms with Gasteiger partial charge in [-0.05, 0) is 58.3 Å². The van der Waals surface area contributed by atoms with E-state index in [-0.39, 0.29) is 0 Å². The molecule has 0 aromatic rings. The molecule has 1 rings (SSSR count). The van der Waals surface area contributed by atoms with Crippen molar-refractivity contribution in [1.82, 2.24) is 0 Å². The molecule has 0 spiro atoms. The maximum atomic E-state index is 6.59. The van der Waals surface area contributed by atoms with Gasteiger partial charge >= 0.3 is 17.1 Å². The van der Waals surface area contributed by atoms with Crippen molar-refractivity contribution in [2.24, 2.45) is 0 Å². The largest absolute Gasteiger partial charge is 0.442 e. The zero-order chi connectivity index (χ0) is 16.4. The molecule has 1 saturated heterocycles. The molecular weight excluding hydrogens is 349 g/mol. The van der Waals surface area contributed by atoms with Crippen molar-refractivity contribution in [3.8, 4) is 0 Å². The van der Waals surface area contributed by atoms with Gasteiger partial charge in [0.1, 0.15) is 9.76 Å². The minimum Gasteiger partial charge on any atom is -0.442 e. The Hall–Kier alpha value is 0.924. The summed E-state index contributed by atoms with van der Waals surface area (Å²) in [7, 11) is -7.86. The molecule has 1 atom stereocenters. The summed E-state index contributed by atoms with van der Waals surface area (Å²) in [6.07, 6.45) is 1.15. The lowest BCUT2D eigenvalue weighted by atomic mass is 10.5. The average molecular weight is 383 g/mol. The highest BCUT2D eigenvalue weighted by atomic mass is 28.5. The second-order valence-corrected chi connectivity index (χ2v) is 25.5. The van der Waals surface area contributed by atoms with Crippen LogP contribution >= 0.6 is 0 Å². The molecule has 9 heteroatoms. The van der Waals surface area contributed by atoms with Crippen molar-refractivity contribution in [3.63, 3.8) is 0 Å². The van der Waals surface area contributed by atoms with Crippen LogP contribution in [0.4, 0.5) is 0 Å². The fourth-order valence-electron chi connectivity index (χ4n) is 3.39. The van der Waals surface area contributed by atoms with Crippen molar-refractivity contribution in [3.05, 3.63) is 0 Å². The summed E-state index contributed by atoms with van der Waals surface area (Å²) in [4.78, 5) is 0. The lowest BCUT2D eigenvalue weighted by molar-refractivity contribution is 0.257. The molecule has 0 aromatic carbocycles. The van der Waals surface area contributed by atoms with Gasteiger partial charge < -0.3 is 16.8 Å². The predicted octanol–water partition coefficient (Wildman–Crippen LogP) is 3.31. The maximum Gasteiger partial charge on any atom is 0.324 e. The monoisotopic (exact) mass is 382 g/mol. The highest BCUT2D eigenvalue weighted by Gasteiger charge is 2.47. The van der Waals surface area contributed by atoms with Crippen LogP contribution in [0.25, 0.3) is 0 Å². The zero-order valence-electron chi connectivity index (χ0n) is 15.2. The van der Waals surface area contributed by atoms with E-state index >= 15 is 0 Å². The zero-order valence-corrected chi connectivity index (χ0v) is 20.6. The topological polar surface area (TPSA) is 36.9 Å². The molecule has 0 bridgehead atoms. The molecule has 0 amide bonds. The molecule has 1 heterocycles. The lowest BCUT2D eigenvalue weighted by Gasteiger charge is -2.39. The first-order chi connectivity index (χ1) is 9.39. The Bertz CT molecular complexity index is 351. The van der Waals surface area contributed by atoms with Crippen LogP contribution in [-0.2, 0) is 16.8 Å². The van der Waals surface area contributed by atoms with Gasteiger partial charge in [0.15, 0.2) is 16.6 Å². The highest BCUT2D eigenvalue weighted by molar-refractivity contribution is 6.94. The van der Waals surface area contributed by atoms with Crippen LogP contribution in [0, 0.1) is 0 Å². The standard InChI is InChI=1S/C12H34O4Si5/c1-17-14-20(6,7)15-19(4,5)12-21(8)13-10-9-11-18(2,3)16-21/h9-12,17H2,1-8H3. The Morgan fingerprint density at radius 3 is 2.33 bits per heavy atom. The van der Waals surface area contributed by atoms with Gasteiger partial charge in [-0.2, -0.15) is 0 Å². The second kappa shape index (κ2) is 7.22. The Balaban J connectivity index is 2.76. The summed E-state index contributed by atoms with van der Waals surface area (Å²) in [5.74, 6) is 0. The predicted molar refractivity (Wildman–Crippen MR) is 102 cm³/mol. The van der Waals surface area contributed by atoms with Crippen LogP contribution < -0.4 is 0 Å². The summed E-state index contributed by atoms with van der Waals surface area (Å²) in [5.41, 5.74) is 1.02. The van der Waals surface area contributed by atoms with Gasteiger partial charge in [0, 0.05) is 12.3 Å². The van der Waals surface area contributed by atoms with Gasteiger partial charge in [0.2, 0.25) is 0 Å². The van der Waals surface area contributed by atoms with Crippen molar-refractivity contribution < 1.29 is 16.8 Å². The van der Waals surface area contributed by atoms with E-state index in [1.54, 1.807) is 0 Å². The van der Waals surface area contributed by atoms with Crippen LogP contribution in [0.5, 0.6) is 0 Å². The van der Waals surface area contributed by atoms with Crippen molar-refractivity contribution in [1.29, 1.82) is 0 Å². The minimum atomic E-state index is -2.10. The van der Waals surface area contributed by atoms with Crippen LogP contribution in [0.2, 0.25) is 64.1 Å². The van der Waals surface area contributed by atoms with Crippen LogP contribution in [0.3, 0.4) is 0 Å².